The van der Waals surface area contributed by atoms with Crippen LogP contribution in [-0.2, 0) is 0 Å². The van der Waals surface area contributed by atoms with Crippen molar-refractivity contribution in [1.82, 2.24) is 9.97 Å². The summed E-state index contributed by atoms with van der Waals surface area (Å²) in [6, 6.07) is 1.90. The zero-order chi connectivity index (χ0) is 16.3. The van der Waals surface area contributed by atoms with Crippen LogP contribution in [0.15, 0.2) is 17.5 Å². The molecule has 0 fully saturated rings. The number of aromatic nitrogens is 2. The number of hydrogen-bond donors (Lipinski definition) is 2. The molecule has 0 saturated carbocycles. The molecule has 0 bridgehead atoms. The number of aromatic amines is 1. The van der Waals surface area contributed by atoms with Crippen LogP contribution >= 0.6 is 22.9 Å². The van der Waals surface area contributed by atoms with Crippen LogP contribution < -0.4 is 0 Å². The summed E-state index contributed by atoms with van der Waals surface area (Å²) in [5, 5.41) is 10.5. The molecule has 2 heterocycles. The molecule has 2 aromatic rings. The third-order valence-electron chi connectivity index (χ3n) is 3.79. The Balaban J connectivity index is 2.51. The fraction of sp³-hybridized carbons (Fsp3) is 0.412. The average molecular weight is 336 g/mol. The van der Waals surface area contributed by atoms with Gasteiger partial charge in [-0.2, -0.15) is 0 Å². The number of rotatable bonds is 6. The van der Waals surface area contributed by atoms with Crippen molar-refractivity contribution in [2.75, 3.05) is 0 Å². The molecule has 0 aliphatic rings. The second kappa shape index (κ2) is 7.25. The van der Waals surface area contributed by atoms with Gasteiger partial charge >= 0.3 is 0 Å². The number of thiophene rings is 1. The zero-order valence-corrected chi connectivity index (χ0v) is 15.0. The standard InChI is InChI=1S/C17H22ClN3S/c1-5-12(6-2)13(9-10(3)19)17-20-11(4)15(21-17)16-14(18)7-8-22-16/h7-9,12,19H,5-6H2,1-4H3,(H,20,21)/b13-9-,19-10?. The highest BCUT2D eigenvalue weighted by Crippen LogP contribution is 2.36. The quantitative estimate of drug-likeness (QED) is 0.629. The minimum absolute atomic E-state index is 0.400. The van der Waals surface area contributed by atoms with E-state index in [-0.39, 0.29) is 0 Å². The predicted octanol–water partition coefficient (Wildman–Crippen LogP) is 5.96. The zero-order valence-electron chi connectivity index (χ0n) is 13.5. The molecular weight excluding hydrogens is 314 g/mol. The van der Waals surface area contributed by atoms with E-state index in [0.29, 0.717) is 11.6 Å². The van der Waals surface area contributed by atoms with Gasteiger partial charge in [-0.05, 0) is 55.7 Å². The Hall–Kier alpha value is -1.39. The topological polar surface area (TPSA) is 52.5 Å². The molecule has 22 heavy (non-hydrogen) atoms. The van der Waals surface area contributed by atoms with Gasteiger partial charge < -0.3 is 10.4 Å². The molecule has 0 radical (unpaired) electrons. The van der Waals surface area contributed by atoms with Crippen LogP contribution in [0.1, 0.15) is 45.1 Å². The van der Waals surface area contributed by atoms with Crippen molar-refractivity contribution in [3.05, 3.63) is 34.1 Å². The van der Waals surface area contributed by atoms with Crippen molar-refractivity contribution >= 4 is 34.2 Å². The van der Waals surface area contributed by atoms with Gasteiger partial charge in [-0.25, -0.2) is 4.98 Å². The maximum Gasteiger partial charge on any atom is 0.134 e. The lowest BCUT2D eigenvalue weighted by Gasteiger charge is -2.15. The summed E-state index contributed by atoms with van der Waals surface area (Å²) in [7, 11) is 0. The molecule has 118 valence electrons. The Labute approximate surface area is 141 Å². The van der Waals surface area contributed by atoms with Gasteiger partial charge in [0.05, 0.1) is 9.90 Å². The average Bonchev–Trinajstić information content (AvgIpc) is 3.04. The normalized spacial score (nSPS) is 12.2. The van der Waals surface area contributed by atoms with Gasteiger partial charge in [-0.1, -0.05) is 25.4 Å². The van der Waals surface area contributed by atoms with Crippen molar-refractivity contribution in [2.24, 2.45) is 5.92 Å². The van der Waals surface area contributed by atoms with Crippen molar-refractivity contribution in [3.8, 4) is 10.6 Å². The van der Waals surface area contributed by atoms with E-state index in [9.17, 15) is 0 Å². The van der Waals surface area contributed by atoms with Gasteiger partial charge in [-0.15, -0.1) is 11.3 Å². The molecule has 0 spiro atoms. The first kappa shape index (κ1) is 17.0. The summed E-state index contributed by atoms with van der Waals surface area (Å²) in [6.45, 7) is 8.17. The van der Waals surface area contributed by atoms with E-state index in [1.165, 1.54) is 0 Å². The number of H-pyrrole nitrogens is 1. The molecule has 0 atom stereocenters. The monoisotopic (exact) mass is 335 g/mol. The molecule has 0 unspecified atom stereocenters. The fourth-order valence-corrected chi connectivity index (χ4v) is 3.81. The SMILES string of the molecule is CCC(CC)/C(=C/C(C)=N)c1nc(-c2sccc2Cl)c(C)[nH]1. The van der Waals surface area contributed by atoms with Gasteiger partial charge in [0.2, 0.25) is 0 Å². The van der Waals surface area contributed by atoms with Gasteiger partial charge in [0.1, 0.15) is 11.5 Å². The first-order valence-electron chi connectivity index (χ1n) is 7.54. The fourth-order valence-electron chi connectivity index (χ4n) is 2.62. The van der Waals surface area contributed by atoms with Crippen molar-refractivity contribution in [1.29, 1.82) is 5.41 Å². The minimum Gasteiger partial charge on any atom is -0.342 e. The molecule has 2 N–H and O–H groups in total. The van der Waals surface area contributed by atoms with Crippen LogP contribution in [0, 0.1) is 18.3 Å². The first-order chi connectivity index (χ1) is 10.5. The Kier molecular flexibility index (Phi) is 5.59. The van der Waals surface area contributed by atoms with Gasteiger partial charge in [0.15, 0.2) is 0 Å². The van der Waals surface area contributed by atoms with Crippen molar-refractivity contribution in [3.63, 3.8) is 0 Å². The van der Waals surface area contributed by atoms with Crippen molar-refractivity contribution in [2.45, 2.75) is 40.5 Å². The lowest BCUT2D eigenvalue weighted by molar-refractivity contribution is 0.620. The van der Waals surface area contributed by atoms with Crippen LogP contribution in [0.2, 0.25) is 5.02 Å². The maximum absolute atomic E-state index is 7.81. The molecule has 5 heteroatoms. The number of nitrogens with one attached hydrogen (secondary N) is 2. The van der Waals surface area contributed by atoms with E-state index in [1.54, 1.807) is 18.3 Å². The molecule has 0 amide bonds. The minimum atomic E-state index is 0.400. The summed E-state index contributed by atoms with van der Waals surface area (Å²) < 4.78 is 0. The smallest absolute Gasteiger partial charge is 0.134 e. The van der Waals surface area contributed by atoms with E-state index in [2.05, 4.69) is 18.8 Å². The highest BCUT2D eigenvalue weighted by atomic mass is 35.5. The highest BCUT2D eigenvalue weighted by Gasteiger charge is 2.19. The first-order valence-corrected chi connectivity index (χ1v) is 8.80. The predicted molar refractivity (Wildman–Crippen MR) is 97.1 cm³/mol. The van der Waals surface area contributed by atoms with Gasteiger partial charge in [0, 0.05) is 11.4 Å². The van der Waals surface area contributed by atoms with E-state index in [4.69, 9.17) is 22.0 Å². The highest BCUT2D eigenvalue weighted by molar-refractivity contribution is 7.14. The maximum atomic E-state index is 7.81. The largest absolute Gasteiger partial charge is 0.342 e. The molecule has 0 aliphatic carbocycles. The third-order valence-corrected chi connectivity index (χ3v) is 5.14. The Morgan fingerprint density at radius 3 is 2.64 bits per heavy atom. The van der Waals surface area contributed by atoms with E-state index >= 15 is 0 Å². The number of hydrogen-bond acceptors (Lipinski definition) is 3. The Bertz CT molecular complexity index is 693. The molecule has 3 nitrogen and oxygen atoms in total. The number of aryl methyl sites for hydroxylation is 1. The number of allylic oxidation sites excluding steroid dienone is 2. The molecule has 0 aliphatic heterocycles. The van der Waals surface area contributed by atoms with Crippen LogP contribution in [0.5, 0.6) is 0 Å². The Morgan fingerprint density at radius 1 is 1.45 bits per heavy atom. The lowest BCUT2D eigenvalue weighted by Crippen LogP contribution is -2.04. The van der Waals surface area contributed by atoms with Crippen LogP contribution in [0.25, 0.3) is 16.1 Å². The van der Waals surface area contributed by atoms with E-state index < -0.39 is 0 Å². The third kappa shape index (κ3) is 3.50. The molecule has 0 saturated heterocycles. The van der Waals surface area contributed by atoms with E-state index in [1.807, 2.05) is 24.4 Å². The number of imidazole rings is 1. The van der Waals surface area contributed by atoms with Gasteiger partial charge in [0.25, 0.3) is 0 Å². The van der Waals surface area contributed by atoms with Crippen molar-refractivity contribution < 1.29 is 0 Å². The molecule has 2 rings (SSSR count). The van der Waals surface area contributed by atoms with Crippen LogP contribution in [0.3, 0.4) is 0 Å². The number of halogens is 1. The molecule has 0 aromatic carbocycles. The summed E-state index contributed by atoms with van der Waals surface area (Å²) in [5.74, 6) is 1.26. The summed E-state index contributed by atoms with van der Waals surface area (Å²) >= 11 is 7.84. The van der Waals surface area contributed by atoms with Crippen LogP contribution in [-0.4, -0.2) is 15.7 Å². The summed E-state index contributed by atoms with van der Waals surface area (Å²) in [6.07, 6.45) is 3.99. The Morgan fingerprint density at radius 2 is 2.14 bits per heavy atom. The van der Waals surface area contributed by atoms with Gasteiger partial charge in [-0.3, -0.25) is 0 Å². The van der Waals surface area contributed by atoms with E-state index in [0.717, 1.165) is 45.5 Å². The summed E-state index contributed by atoms with van der Waals surface area (Å²) in [5.41, 5.74) is 3.58. The second-order valence-electron chi connectivity index (χ2n) is 5.45. The molecular formula is C17H22ClN3S. The lowest BCUT2D eigenvalue weighted by atomic mass is 9.92. The summed E-state index contributed by atoms with van der Waals surface area (Å²) in [4.78, 5) is 9.17. The second-order valence-corrected chi connectivity index (χ2v) is 6.78. The van der Waals surface area contributed by atoms with Crippen LogP contribution in [0.4, 0.5) is 0 Å². The molecule has 2 aromatic heterocycles. The number of nitrogens with zero attached hydrogens (tertiary/aromatic N) is 1.